The lowest BCUT2D eigenvalue weighted by Crippen LogP contribution is -1.88. The maximum Gasteiger partial charge on any atom is 0.126 e. The van der Waals surface area contributed by atoms with Crippen molar-refractivity contribution in [3.05, 3.63) is 35.1 Å². The average Bonchev–Trinajstić information content (AvgIpc) is 2.84. The lowest BCUT2D eigenvalue weighted by atomic mass is 10.1. The summed E-state index contributed by atoms with van der Waals surface area (Å²) < 4.78 is 3.18. The van der Waals surface area contributed by atoms with E-state index in [2.05, 4.69) is 42.8 Å². The third-order valence-electron chi connectivity index (χ3n) is 2.92. The van der Waals surface area contributed by atoms with E-state index < -0.39 is 0 Å². The minimum absolute atomic E-state index is 0.595. The Balaban J connectivity index is 2.27. The molecule has 0 fully saturated rings. The number of aromatic nitrogens is 3. The summed E-state index contributed by atoms with van der Waals surface area (Å²) in [5.74, 6) is 0.595. The maximum absolute atomic E-state index is 5.83. The highest BCUT2D eigenvalue weighted by Crippen LogP contribution is 2.31. The Kier molecular flexibility index (Phi) is 2.22. The summed E-state index contributed by atoms with van der Waals surface area (Å²) in [7, 11) is 2.02. The van der Waals surface area contributed by atoms with Gasteiger partial charge in [-0.1, -0.05) is 12.1 Å². The lowest BCUT2D eigenvalue weighted by molar-refractivity contribution is 0.967. The highest BCUT2D eigenvalue weighted by atomic mass is 79.9. The zero-order chi connectivity index (χ0) is 12.0. The number of nitrogens with zero attached hydrogens (tertiary/aromatic N) is 2. The fourth-order valence-corrected chi connectivity index (χ4v) is 2.67. The molecule has 0 aliphatic rings. The molecule has 0 aliphatic heterocycles. The molecule has 0 saturated heterocycles. The van der Waals surface area contributed by atoms with E-state index in [4.69, 9.17) is 5.73 Å². The summed E-state index contributed by atoms with van der Waals surface area (Å²) in [4.78, 5) is 0. The summed E-state index contributed by atoms with van der Waals surface area (Å²) in [6, 6.07) is 6.25. The Labute approximate surface area is 107 Å². The van der Waals surface area contributed by atoms with Gasteiger partial charge in [-0.3, -0.25) is 5.10 Å². The van der Waals surface area contributed by atoms with Gasteiger partial charge in [0.1, 0.15) is 5.82 Å². The largest absolute Gasteiger partial charge is 0.384 e. The number of aromatic amines is 1. The second-order valence-electron chi connectivity index (χ2n) is 4.02. The molecule has 0 amide bonds. The molecule has 0 radical (unpaired) electrons. The van der Waals surface area contributed by atoms with Crippen molar-refractivity contribution in [1.82, 2.24) is 14.8 Å². The van der Waals surface area contributed by atoms with Gasteiger partial charge in [0.25, 0.3) is 0 Å². The van der Waals surface area contributed by atoms with Crippen LogP contribution >= 0.6 is 15.9 Å². The Morgan fingerprint density at radius 1 is 1.41 bits per heavy atom. The van der Waals surface area contributed by atoms with Crippen LogP contribution in [-0.4, -0.2) is 14.8 Å². The topological polar surface area (TPSA) is 59.6 Å². The van der Waals surface area contributed by atoms with Crippen molar-refractivity contribution in [2.45, 2.75) is 0 Å². The number of benzene rings is 1. The number of nitrogens with two attached hydrogens (primary N) is 1. The van der Waals surface area contributed by atoms with E-state index in [1.807, 2.05) is 19.3 Å². The van der Waals surface area contributed by atoms with Crippen LogP contribution in [0.5, 0.6) is 0 Å². The first-order chi connectivity index (χ1) is 8.16. The van der Waals surface area contributed by atoms with Crippen LogP contribution in [-0.2, 0) is 7.05 Å². The van der Waals surface area contributed by atoms with E-state index >= 15 is 0 Å². The van der Waals surface area contributed by atoms with Crippen LogP contribution in [0.25, 0.3) is 22.0 Å². The lowest BCUT2D eigenvalue weighted by Gasteiger charge is -2.01. The fraction of sp³-hybridized carbons (Fsp3) is 0.0833. The molecule has 86 valence electrons. The van der Waals surface area contributed by atoms with Gasteiger partial charge < -0.3 is 10.3 Å². The van der Waals surface area contributed by atoms with Crippen molar-refractivity contribution in [3.63, 3.8) is 0 Å². The molecular weight excluding hydrogens is 280 g/mol. The van der Waals surface area contributed by atoms with Gasteiger partial charge in [-0.15, -0.1) is 0 Å². The highest BCUT2D eigenvalue weighted by Gasteiger charge is 2.08. The summed E-state index contributed by atoms with van der Waals surface area (Å²) in [6.45, 7) is 0. The molecule has 1 aromatic carbocycles. The van der Waals surface area contributed by atoms with Crippen LogP contribution in [0.3, 0.4) is 0 Å². The minimum atomic E-state index is 0.595. The minimum Gasteiger partial charge on any atom is -0.384 e. The molecule has 0 aliphatic carbocycles. The van der Waals surface area contributed by atoms with Gasteiger partial charge in [-0.25, -0.2) is 0 Å². The number of hydrogen-bond donors (Lipinski definition) is 2. The quantitative estimate of drug-likeness (QED) is 0.724. The van der Waals surface area contributed by atoms with Crippen LogP contribution in [0.1, 0.15) is 0 Å². The molecule has 17 heavy (non-hydrogen) atoms. The zero-order valence-electron chi connectivity index (χ0n) is 9.24. The van der Waals surface area contributed by atoms with Crippen LogP contribution in [0.4, 0.5) is 5.82 Å². The Morgan fingerprint density at radius 2 is 2.24 bits per heavy atom. The number of H-pyrrole nitrogens is 1. The molecule has 3 N–H and O–H groups in total. The number of nitrogen functional groups attached to an aromatic ring is 1. The van der Waals surface area contributed by atoms with Crippen molar-refractivity contribution in [1.29, 1.82) is 0 Å². The smallest absolute Gasteiger partial charge is 0.126 e. The maximum atomic E-state index is 5.83. The predicted molar refractivity (Wildman–Crippen MR) is 72.6 cm³/mol. The summed E-state index contributed by atoms with van der Waals surface area (Å²) in [6.07, 6.45) is 3.79. The number of anilines is 1. The first kappa shape index (κ1) is 10.4. The molecule has 2 aromatic heterocycles. The van der Waals surface area contributed by atoms with Gasteiger partial charge in [0.2, 0.25) is 0 Å². The Hall–Kier alpha value is -1.75. The molecular formula is C12H11BrN4. The van der Waals surface area contributed by atoms with Crippen LogP contribution in [0.2, 0.25) is 0 Å². The SMILES string of the molecule is Cn1cc(Br)c2ccc(-c3cn[nH]c3N)cc21. The van der Waals surface area contributed by atoms with Crippen molar-refractivity contribution in [3.8, 4) is 11.1 Å². The summed E-state index contributed by atoms with van der Waals surface area (Å²) in [5, 5.41) is 7.88. The van der Waals surface area contributed by atoms with Gasteiger partial charge in [0.05, 0.1) is 6.20 Å². The van der Waals surface area contributed by atoms with Crippen molar-refractivity contribution < 1.29 is 0 Å². The molecule has 0 bridgehead atoms. The van der Waals surface area contributed by atoms with Gasteiger partial charge in [-0.05, 0) is 27.6 Å². The van der Waals surface area contributed by atoms with Gasteiger partial charge in [0, 0.05) is 34.2 Å². The second kappa shape index (κ2) is 3.63. The van der Waals surface area contributed by atoms with Crippen molar-refractivity contribution in [2.24, 2.45) is 7.05 Å². The van der Waals surface area contributed by atoms with Crippen LogP contribution in [0, 0.1) is 0 Å². The third-order valence-corrected chi connectivity index (χ3v) is 3.55. The Bertz CT molecular complexity index is 696. The summed E-state index contributed by atoms with van der Waals surface area (Å²) in [5.41, 5.74) is 8.99. The summed E-state index contributed by atoms with van der Waals surface area (Å²) >= 11 is 3.54. The van der Waals surface area contributed by atoms with E-state index in [0.717, 1.165) is 21.1 Å². The molecule has 0 spiro atoms. The normalized spacial score (nSPS) is 11.2. The van der Waals surface area contributed by atoms with Gasteiger partial charge in [0.15, 0.2) is 0 Å². The van der Waals surface area contributed by atoms with E-state index in [9.17, 15) is 0 Å². The zero-order valence-corrected chi connectivity index (χ0v) is 10.8. The number of aryl methyl sites for hydroxylation is 1. The monoisotopic (exact) mass is 290 g/mol. The molecule has 3 rings (SSSR count). The van der Waals surface area contributed by atoms with Crippen molar-refractivity contribution >= 4 is 32.7 Å². The van der Waals surface area contributed by atoms with E-state index in [0.29, 0.717) is 5.82 Å². The van der Waals surface area contributed by atoms with E-state index in [-0.39, 0.29) is 0 Å². The number of nitrogens with one attached hydrogen (secondary N) is 1. The first-order valence-corrected chi connectivity index (χ1v) is 6.00. The molecule has 5 heteroatoms. The third kappa shape index (κ3) is 1.54. The van der Waals surface area contributed by atoms with Gasteiger partial charge in [-0.2, -0.15) is 5.10 Å². The van der Waals surface area contributed by atoms with Crippen LogP contribution < -0.4 is 5.73 Å². The number of fused-ring (bicyclic) bond motifs is 1. The molecule has 4 nitrogen and oxygen atoms in total. The predicted octanol–water partition coefficient (Wildman–Crippen LogP) is 2.91. The highest BCUT2D eigenvalue weighted by molar-refractivity contribution is 9.10. The second-order valence-corrected chi connectivity index (χ2v) is 4.87. The molecule has 0 saturated carbocycles. The van der Waals surface area contributed by atoms with Crippen molar-refractivity contribution in [2.75, 3.05) is 5.73 Å². The molecule has 0 unspecified atom stereocenters. The van der Waals surface area contributed by atoms with Crippen LogP contribution in [0.15, 0.2) is 35.1 Å². The number of halogens is 1. The van der Waals surface area contributed by atoms with E-state index in [1.165, 1.54) is 5.39 Å². The van der Waals surface area contributed by atoms with E-state index in [1.54, 1.807) is 6.20 Å². The Morgan fingerprint density at radius 3 is 2.94 bits per heavy atom. The average molecular weight is 291 g/mol. The van der Waals surface area contributed by atoms with Gasteiger partial charge >= 0.3 is 0 Å². The number of rotatable bonds is 1. The number of hydrogen-bond acceptors (Lipinski definition) is 2. The standard InChI is InChI=1S/C12H11BrN4/c1-17-6-10(13)8-3-2-7(4-11(8)17)9-5-15-16-12(9)14/h2-6H,1H3,(H3,14,15,16). The fourth-order valence-electron chi connectivity index (χ4n) is 2.03. The molecule has 3 aromatic rings. The first-order valence-electron chi connectivity index (χ1n) is 5.20. The molecule has 2 heterocycles. The molecule has 0 atom stereocenters.